The number of rotatable bonds is 5. The maximum atomic E-state index is 10.6. The van der Waals surface area contributed by atoms with E-state index in [-0.39, 0.29) is 6.42 Å². The zero-order valence-electron chi connectivity index (χ0n) is 8.50. The molecule has 0 fully saturated rings. The fourth-order valence-electron chi connectivity index (χ4n) is 1.40. The Kier molecular flexibility index (Phi) is 4.43. The molecule has 0 aliphatic heterocycles. The molecule has 0 aromatic heterocycles. The van der Waals surface area contributed by atoms with Crippen LogP contribution in [0.3, 0.4) is 0 Å². The van der Waals surface area contributed by atoms with Crippen LogP contribution in [0.1, 0.15) is 11.1 Å². The molecule has 0 aliphatic rings. The average Bonchev–Trinajstić information content (AvgIpc) is 2.20. The van der Waals surface area contributed by atoms with Crippen molar-refractivity contribution < 1.29 is 14.6 Å². The molecule has 0 saturated heterocycles. The molecule has 82 valence electrons. The summed E-state index contributed by atoms with van der Waals surface area (Å²) in [6, 6.07) is 5.37. The number of aryl methyl sites for hydroxylation is 1. The Labute approximate surface area is 93.6 Å². The summed E-state index contributed by atoms with van der Waals surface area (Å²) >= 11 is 5.65. The van der Waals surface area contributed by atoms with E-state index in [0.29, 0.717) is 12.3 Å². The first kappa shape index (κ1) is 11.9. The van der Waals surface area contributed by atoms with E-state index in [2.05, 4.69) is 0 Å². The first-order valence-corrected chi connectivity index (χ1v) is 5.14. The quantitative estimate of drug-likeness (QED) is 0.786. The first-order chi connectivity index (χ1) is 7.17. The van der Waals surface area contributed by atoms with Crippen molar-refractivity contribution in [3.63, 3.8) is 0 Å². The van der Waals surface area contributed by atoms with Crippen LogP contribution >= 0.6 is 11.6 Å². The molecule has 0 aliphatic carbocycles. The third-order valence-electron chi connectivity index (χ3n) is 2.12. The lowest BCUT2D eigenvalue weighted by molar-refractivity contribution is -0.136. The molecular formula is C11H13ClO3. The lowest BCUT2D eigenvalue weighted by Gasteiger charge is -2.08. The van der Waals surface area contributed by atoms with Crippen LogP contribution in [0.25, 0.3) is 0 Å². The predicted octanol–water partition coefficient (Wildman–Crippen LogP) is 2.10. The number of aliphatic carboxylic acids is 1. The molecule has 1 rings (SSSR count). The van der Waals surface area contributed by atoms with E-state index in [1.165, 1.54) is 0 Å². The Morgan fingerprint density at radius 2 is 2.20 bits per heavy atom. The second-order valence-corrected chi connectivity index (χ2v) is 3.52. The molecule has 0 spiro atoms. The lowest BCUT2D eigenvalue weighted by atomic mass is 10.0. The van der Waals surface area contributed by atoms with Gasteiger partial charge >= 0.3 is 5.97 Å². The minimum Gasteiger partial charge on any atom is -0.497 e. The molecule has 0 radical (unpaired) electrons. The van der Waals surface area contributed by atoms with E-state index in [1.807, 2.05) is 6.07 Å². The number of hydrogen-bond acceptors (Lipinski definition) is 2. The van der Waals surface area contributed by atoms with Crippen LogP contribution in [0.2, 0.25) is 0 Å². The van der Waals surface area contributed by atoms with Crippen LogP contribution in [0, 0.1) is 0 Å². The summed E-state index contributed by atoms with van der Waals surface area (Å²) in [6.45, 7) is 0. The topological polar surface area (TPSA) is 46.5 Å². The van der Waals surface area contributed by atoms with Crippen LogP contribution in [0.15, 0.2) is 18.2 Å². The molecule has 1 aromatic carbocycles. The molecule has 0 bridgehead atoms. The molecule has 3 nitrogen and oxygen atoms in total. The lowest BCUT2D eigenvalue weighted by Crippen LogP contribution is -2.04. The van der Waals surface area contributed by atoms with Gasteiger partial charge in [0.25, 0.3) is 0 Å². The summed E-state index contributed by atoms with van der Waals surface area (Å²) in [5.74, 6) is 0.361. The predicted molar refractivity (Wildman–Crippen MR) is 58.8 cm³/mol. The zero-order valence-corrected chi connectivity index (χ0v) is 9.25. The van der Waals surface area contributed by atoms with Crippen molar-refractivity contribution in [1.29, 1.82) is 0 Å². The number of halogens is 1. The van der Waals surface area contributed by atoms with Gasteiger partial charge in [-0.1, -0.05) is 6.07 Å². The van der Waals surface area contributed by atoms with Crippen molar-refractivity contribution in [3.8, 4) is 5.75 Å². The van der Waals surface area contributed by atoms with Gasteiger partial charge in [-0.25, -0.2) is 0 Å². The number of alkyl halides is 1. The third kappa shape index (κ3) is 3.44. The van der Waals surface area contributed by atoms with Crippen molar-refractivity contribution in [3.05, 3.63) is 29.3 Å². The standard InChI is InChI=1S/C11H13ClO3/c1-15-10-3-2-8(7-11(13)14)9(6-10)4-5-12/h2-3,6H,4-5,7H2,1H3,(H,13,14). The fourth-order valence-corrected chi connectivity index (χ4v) is 1.60. The van der Waals surface area contributed by atoms with Gasteiger partial charge in [0.1, 0.15) is 5.75 Å². The highest BCUT2D eigenvalue weighted by Crippen LogP contribution is 2.19. The summed E-state index contributed by atoms with van der Waals surface area (Å²) in [5, 5.41) is 8.72. The zero-order chi connectivity index (χ0) is 11.3. The number of benzene rings is 1. The Bertz CT molecular complexity index is 350. The molecule has 0 amide bonds. The van der Waals surface area contributed by atoms with Crippen molar-refractivity contribution in [1.82, 2.24) is 0 Å². The number of hydrogen-bond donors (Lipinski definition) is 1. The van der Waals surface area contributed by atoms with E-state index in [1.54, 1.807) is 19.2 Å². The largest absolute Gasteiger partial charge is 0.497 e. The maximum Gasteiger partial charge on any atom is 0.307 e. The molecule has 0 saturated carbocycles. The number of carbonyl (C=O) groups is 1. The molecule has 1 N–H and O–H groups in total. The summed E-state index contributed by atoms with van der Waals surface area (Å²) < 4.78 is 5.07. The summed E-state index contributed by atoms with van der Waals surface area (Å²) in [5.41, 5.74) is 1.73. The van der Waals surface area contributed by atoms with Gasteiger partial charge < -0.3 is 9.84 Å². The second kappa shape index (κ2) is 5.61. The Balaban J connectivity index is 2.97. The van der Waals surface area contributed by atoms with Gasteiger partial charge in [-0.2, -0.15) is 0 Å². The van der Waals surface area contributed by atoms with Crippen LogP contribution in [0.5, 0.6) is 5.75 Å². The minimum atomic E-state index is -0.837. The van der Waals surface area contributed by atoms with Crippen LogP contribution in [-0.2, 0) is 17.6 Å². The monoisotopic (exact) mass is 228 g/mol. The molecule has 0 atom stereocenters. The van der Waals surface area contributed by atoms with Gasteiger partial charge in [0.2, 0.25) is 0 Å². The molecule has 4 heteroatoms. The summed E-state index contributed by atoms with van der Waals surface area (Å²) in [6.07, 6.45) is 0.678. The number of carboxylic acid groups (broad SMARTS) is 1. The Morgan fingerprint density at radius 1 is 1.47 bits per heavy atom. The van der Waals surface area contributed by atoms with Crippen molar-refractivity contribution in [2.45, 2.75) is 12.8 Å². The number of methoxy groups -OCH3 is 1. The van der Waals surface area contributed by atoms with Gasteiger partial charge in [-0.15, -0.1) is 11.6 Å². The van der Waals surface area contributed by atoms with Gasteiger partial charge in [-0.05, 0) is 29.7 Å². The van der Waals surface area contributed by atoms with Crippen LogP contribution in [-0.4, -0.2) is 24.1 Å². The molecule has 0 unspecified atom stereocenters. The smallest absolute Gasteiger partial charge is 0.307 e. The highest BCUT2D eigenvalue weighted by molar-refractivity contribution is 6.18. The van der Waals surface area contributed by atoms with E-state index >= 15 is 0 Å². The van der Waals surface area contributed by atoms with Crippen molar-refractivity contribution in [2.75, 3.05) is 13.0 Å². The summed E-state index contributed by atoms with van der Waals surface area (Å²) in [7, 11) is 1.58. The van der Waals surface area contributed by atoms with Crippen LogP contribution in [0.4, 0.5) is 0 Å². The van der Waals surface area contributed by atoms with Crippen molar-refractivity contribution >= 4 is 17.6 Å². The molecule has 15 heavy (non-hydrogen) atoms. The normalized spacial score (nSPS) is 10.0. The van der Waals surface area contributed by atoms with E-state index in [9.17, 15) is 4.79 Å². The highest BCUT2D eigenvalue weighted by atomic mass is 35.5. The Hall–Kier alpha value is -1.22. The molecule has 0 heterocycles. The van der Waals surface area contributed by atoms with Gasteiger partial charge in [0, 0.05) is 5.88 Å². The highest BCUT2D eigenvalue weighted by Gasteiger charge is 2.07. The van der Waals surface area contributed by atoms with Gasteiger partial charge in [0.05, 0.1) is 13.5 Å². The van der Waals surface area contributed by atoms with E-state index in [0.717, 1.165) is 16.9 Å². The average molecular weight is 229 g/mol. The molecular weight excluding hydrogens is 216 g/mol. The first-order valence-electron chi connectivity index (χ1n) is 4.61. The Morgan fingerprint density at radius 3 is 2.73 bits per heavy atom. The summed E-state index contributed by atoms with van der Waals surface area (Å²) in [4.78, 5) is 10.6. The van der Waals surface area contributed by atoms with Gasteiger partial charge in [0.15, 0.2) is 0 Å². The fraction of sp³-hybridized carbons (Fsp3) is 0.364. The minimum absolute atomic E-state index is 0.0240. The maximum absolute atomic E-state index is 10.6. The SMILES string of the molecule is COc1ccc(CC(=O)O)c(CCCl)c1. The van der Waals surface area contributed by atoms with E-state index < -0.39 is 5.97 Å². The van der Waals surface area contributed by atoms with Crippen LogP contribution < -0.4 is 4.74 Å². The number of ether oxygens (including phenoxy) is 1. The second-order valence-electron chi connectivity index (χ2n) is 3.14. The van der Waals surface area contributed by atoms with E-state index in [4.69, 9.17) is 21.4 Å². The van der Waals surface area contributed by atoms with Gasteiger partial charge in [-0.3, -0.25) is 4.79 Å². The van der Waals surface area contributed by atoms with Crippen molar-refractivity contribution in [2.24, 2.45) is 0 Å². The third-order valence-corrected chi connectivity index (χ3v) is 2.31. The molecule has 1 aromatic rings. The number of carboxylic acids is 1.